The molecule has 0 spiro atoms. The van der Waals surface area contributed by atoms with Crippen LogP contribution in [0.1, 0.15) is 18.5 Å². The van der Waals surface area contributed by atoms with Gasteiger partial charge >= 0.3 is 0 Å². The summed E-state index contributed by atoms with van der Waals surface area (Å²) in [6, 6.07) is 15.2. The summed E-state index contributed by atoms with van der Waals surface area (Å²) in [5.41, 5.74) is 3.05. The van der Waals surface area contributed by atoms with Crippen molar-refractivity contribution in [2.24, 2.45) is 0 Å². The summed E-state index contributed by atoms with van der Waals surface area (Å²) in [6.07, 6.45) is 6.69. The molecule has 0 aliphatic carbocycles. The zero-order chi connectivity index (χ0) is 16.4. The Morgan fingerprint density at radius 3 is 2.57 bits per heavy atom. The summed E-state index contributed by atoms with van der Waals surface area (Å²) in [5, 5.41) is 0. The smallest absolute Gasteiger partial charge is 0.175 e. The fraction of sp³-hybridized carbons (Fsp3) is 0.167. The van der Waals surface area contributed by atoms with E-state index in [0.717, 1.165) is 16.7 Å². The number of hydrogen-bond donors (Lipinski definition) is 0. The van der Waals surface area contributed by atoms with Gasteiger partial charge in [-0.1, -0.05) is 36.4 Å². The maximum Gasteiger partial charge on any atom is 0.175 e. The van der Waals surface area contributed by atoms with Gasteiger partial charge in [-0.3, -0.25) is 0 Å². The topological polar surface area (TPSA) is 52.0 Å². The van der Waals surface area contributed by atoms with Gasteiger partial charge in [0.2, 0.25) is 0 Å². The Bertz CT molecular complexity index is 916. The predicted molar refractivity (Wildman–Crippen MR) is 91.0 cm³/mol. The van der Waals surface area contributed by atoms with Gasteiger partial charge in [0.25, 0.3) is 0 Å². The SMILES string of the molecule is CC(c1ccccc1-c1cccc(S(C)(=O)=O)c1)n1ccnc1. The van der Waals surface area contributed by atoms with E-state index in [0.29, 0.717) is 4.90 Å². The third-order valence-electron chi connectivity index (χ3n) is 3.96. The second-order valence-electron chi connectivity index (χ2n) is 5.57. The van der Waals surface area contributed by atoms with Crippen LogP contribution in [0.25, 0.3) is 11.1 Å². The van der Waals surface area contributed by atoms with E-state index in [1.165, 1.54) is 6.26 Å². The molecule has 0 N–H and O–H groups in total. The van der Waals surface area contributed by atoms with Gasteiger partial charge in [-0.15, -0.1) is 0 Å². The minimum atomic E-state index is -3.22. The standard InChI is InChI=1S/C18H18N2O2S/c1-14(20-11-10-19-13-20)17-8-3-4-9-18(17)15-6-5-7-16(12-15)23(2,21)22/h3-14H,1-2H3. The first-order valence-corrected chi connectivity index (χ1v) is 9.23. The molecule has 2 aromatic carbocycles. The summed E-state index contributed by atoms with van der Waals surface area (Å²) < 4.78 is 25.6. The average molecular weight is 326 g/mol. The summed E-state index contributed by atoms with van der Waals surface area (Å²) in [5.74, 6) is 0. The van der Waals surface area contributed by atoms with Gasteiger partial charge in [0, 0.05) is 18.6 Å². The first-order valence-electron chi connectivity index (χ1n) is 7.33. The minimum absolute atomic E-state index is 0.107. The van der Waals surface area contributed by atoms with Crippen molar-refractivity contribution in [1.29, 1.82) is 0 Å². The van der Waals surface area contributed by atoms with Crippen LogP contribution in [-0.4, -0.2) is 24.2 Å². The first-order chi connectivity index (χ1) is 11.0. The lowest BCUT2D eigenvalue weighted by atomic mass is 9.95. The molecule has 4 nitrogen and oxygen atoms in total. The molecule has 5 heteroatoms. The molecule has 3 aromatic rings. The molecule has 0 saturated heterocycles. The molecular weight excluding hydrogens is 308 g/mol. The number of sulfone groups is 1. The molecule has 23 heavy (non-hydrogen) atoms. The molecule has 0 saturated carbocycles. The van der Waals surface area contributed by atoms with E-state index in [9.17, 15) is 8.42 Å². The van der Waals surface area contributed by atoms with Gasteiger partial charge in [-0.25, -0.2) is 13.4 Å². The Balaban J connectivity index is 2.11. The molecular formula is C18H18N2O2S. The summed E-state index contributed by atoms with van der Waals surface area (Å²) >= 11 is 0. The van der Waals surface area contributed by atoms with Gasteiger partial charge in [-0.05, 0) is 35.7 Å². The normalized spacial score (nSPS) is 13.0. The molecule has 1 atom stereocenters. The first kappa shape index (κ1) is 15.5. The molecule has 118 valence electrons. The van der Waals surface area contributed by atoms with E-state index in [1.54, 1.807) is 30.7 Å². The van der Waals surface area contributed by atoms with Crippen LogP contribution < -0.4 is 0 Å². The number of aromatic nitrogens is 2. The molecule has 0 bridgehead atoms. The van der Waals surface area contributed by atoms with Crippen molar-refractivity contribution in [1.82, 2.24) is 9.55 Å². The highest BCUT2D eigenvalue weighted by molar-refractivity contribution is 7.90. The van der Waals surface area contributed by atoms with Gasteiger partial charge < -0.3 is 4.57 Å². The van der Waals surface area contributed by atoms with Crippen LogP contribution in [-0.2, 0) is 9.84 Å². The van der Waals surface area contributed by atoms with Gasteiger partial charge in [0.1, 0.15) is 0 Å². The maximum absolute atomic E-state index is 11.8. The summed E-state index contributed by atoms with van der Waals surface area (Å²) in [4.78, 5) is 4.43. The highest BCUT2D eigenvalue weighted by Crippen LogP contribution is 2.31. The molecule has 1 aromatic heterocycles. The van der Waals surface area contributed by atoms with E-state index < -0.39 is 9.84 Å². The van der Waals surface area contributed by atoms with Crippen LogP contribution in [0, 0.1) is 0 Å². The Kier molecular flexibility index (Phi) is 4.05. The third kappa shape index (κ3) is 3.19. The van der Waals surface area contributed by atoms with Gasteiger partial charge in [0.15, 0.2) is 9.84 Å². The Morgan fingerprint density at radius 1 is 1.09 bits per heavy atom. The van der Waals surface area contributed by atoms with Crippen LogP contribution in [0.4, 0.5) is 0 Å². The summed E-state index contributed by atoms with van der Waals surface area (Å²) in [6.45, 7) is 2.10. The monoisotopic (exact) mass is 326 g/mol. The van der Waals surface area contributed by atoms with E-state index in [4.69, 9.17) is 0 Å². The zero-order valence-electron chi connectivity index (χ0n) is 13.0. The van der Waals surface area contributed by atoms with Crippen molar-refractivity contribution in [2.75, 3.05) is 6.26 Å². The van der Waals surface area contributed by atoms with Crippen LogP contribution in [0.5, 0.6) is 0 Å². The second-order valence-corrected chi connectivity index (χ2v) is 7.59. The van der Waals surface area contributed by atoms with Crippen LogP contribution in [0.3, 0.4) is 0 Å². The Hall–Kier alpha value is -2.40. The zero-order valence-corrected chi connectivity index (χ0v) is 13.9. The molecule has 0 aliphatic heterocycles. The number of rotatable bonds is 4. The van der Waals surface area contributed by atoms with Crippen LogP contribution >= 0.6 is 0 Å². The third-order valence-corrected chi connectivity index (χ3v) is 5.07. The van der Waals surface area contributed by atoms with Gasteiger partial charge in [0.05, 0.1) is 17.3 Å². The fourth-order valence-corrected chi connectivity index (χ4v) is 3.34. The second kappa shape index (κ2) is 6.01. The highest BCUT2D eigenvalue weighted by Gasteiger charge is 2.14. The van der Waals surface area contributed by atoms with Crippen molar-refractivity contribution in [3.05, 3.63) is 72.8 Å². The lowest BCUT2D eigenvalue weighted by Crippen LogP contribution is -2.06. The van der Waals surface area contributed by atoms with Gasteiger partial charge in [-0.2, -0.15) is 0 Å². The van der Waals surface area contributed by atoms with Crippen LogP contribution in [0.2, 0.25) is 0 Å². The highest BCUT2D eigenvalue weighted by atomic mass is 32.2. The van der Waals surface area contributed by atoms with Crippen molar-refractivity contribution in [3.8, 4) is 11.1 Å². The largest absolute Gasteiger partial charge is 0.330 e. The molecule has 1 heterocycles. The Morgan fingerprint density at radius 2 is 1.87 bits per heavy atom. The van der Waals surface area contributed by atoms with E-state index in [-0.39, 0.29) is 6.04 Å². The average Bonchev–Trinajstić information content (AvgIpc) is 3.08. The van der Waals surface area contributed by atoms with Crippen molar-refractivity contribution in [3.63, 3.8) is 0 Å². The number of nitrogens with zero attached hydrogens (tertiary/aromatic N) is 2. The maximum atomic E-state index is 11.8. The van der Waals surface area contributed by atoms with Crippen molar-refractivity contribution in [2.45, 2.75) is 17.9 Å². The lowest BCUT2D eigenvalue weighted by Gasteiger charge is -2.18. The van der Waals surface area contributed by atoms with E-state index in [2.05, 4.69) is 18.0 Å². The Labute approximate surface area is 136 Å². The molecule has 3 rings (SSSR count). The van der Waals surface area contributed by atoms with E-state index >= 15 is 0 Å². The summed E-state index contributed by atoms with van der Waals surface area (Å²) in [7, 11) is -3.22. The fourth-order valence-electron chi connectivity index (χ4n) is 2.68. The molecule has 0 radical (unpaired) electrons. The number of hydrogen-bond acceptors (Lipinski definition) is 3. The van der Waals surface area contributed by atoms with Crippen LogP contribution in [0.15, 0.2) is 72.1 Å². The molecule has 1 unspecified atom stereocenters. The van der Waals surface area contributed by atoms with Crippen molar-refractivity contribution < 1.29 is 8.42 Å². The molecule has 0 fully saturated rings. The molecule has 0 amide bonds. The quantitative estimate of drug-likeness (QED) is 0.736. The molecule has 0 aliphatic rings. The lowest BCUT2D eigenvalue weighted by molar-refractivity contribution is 0.602. The van der Waals surface area contributed by atoms with Crippen molar-refractivity contribution >= 4 is 9.84 Å². The number of benzene rings is 2. The minimum Gasteiger partial charge on any atom is -0.330 e. The predicted octanol–water partition coefficient (Wildman–Crippen LogP) is 3.56. The van der Waals surface area contributed by atoms with E-state index in [1.807, 2.05) is 35.0 Å². The number of imidazole rings is 1.